The second-order valence-corrected chi connectivity index (χ2v) is 8.78. The van der Waals surface area contributed by atoms with Gasteiger partial charge in [0.1, 0.15) is 11.5 Å². The number of anilines is 1. The van der Waals surface area contributed by atoms with Gasteiger partial charge < -0.3 is 14.4 Å². The fraction of sp³-hybridized carbons (Fsp3) is 0.286. The molecular formula is C21H23NO5S. The Morgan fingerprint density at radius 2 is 1.54 bits per heavy atom. The molecule has 0 radical (unpaired) electrons. The Bertz CT molecular complexity index is 1000. The van der Waals surface area contributed by atoms with Gasteiger partial charge in [-0.05, 0) is 55.3 Å². The molecule has 0 aromatic heterocycles. The van der Waals surface area contributed by atoms with Crippen LogP contribution >= 0.6 is 0 Å². The molecule has 7 heteroatoms. The molecule has 2 aromatic rings. The van der Waals surface area contributed by atoms with Gasteiger partial charge in [-0.3, -0.25) is 4.79 Å². The van der Waals surface area contributed by atoms with Crippen molar-refractivity contribution in [2.45, 2.75) is 19.9 Å². The lowest BCUT2D eigenvalue weighted by Crippen LogP contribution is -2.41. The fourth-order valence-electron chi connectivity index (χ4n) is 3.34. The smallest absolute Gasteiger partial charge is 0.259 e. The zero-order chi connectivity index (χ0) is 20.5. The molecule has 0 aliphatic carbocycles. The summed E-state index contributed by atoms with van der Waals surface area (Å²) < 4.78 is 34.5. The molecule has 1 heterocycles. The molecule has 0 fully saturated rings. The highest BCUT2D eigenvalue weighted by atomic mass is 32.2. The first-order valence-corrected chi connectivity index (χ1v) is 10.5. The summed E-state index contributed by atoms with van der Waals surface area (Å²) >= 11 is 0. The van der Waals surface area contributed by atoms with Gasteiger partial charge in [-0.1, -0.05) is 6.07 Å². The van der Waals surface area contributed by atoms with E-state index in [9.17, 15) is 13.2 Å². The van der Waals surface area contributed by atoms with E-state index in [1.54, 1.807) is 24.3 Å². The number of hydrogen-bond acceptors (Lipinski definition) is 5. The summed E-state index contributed by atoms with van der Waals surface area (Å²) in [5.74, 6) is 0.497. The molecule has 0 N–H and O–H groups in total. The van der Waals surface area contributed by atoms with E-state index < -0.39 is 15.9 Å². The van der Waals surface area contributed by atoms with Gasteiger partial charge in [0.05, 0.1) is 26.0 Å². The van der Waals surface area contributed by atoms with Crippen LogP contribution in [-0.2, 0) is 9.84 Å². The lowest BCUT2D eigenvalue weighted by Gasteiger charge is -2.28. The maximum absolute atomic E-state index is 13.5. The largest absolute Gasteiger partial charge is 0.497 e. The highest BCUT2D eigenvalue weighted by Crippen LogP contribution is 2.29. The Labute approximate surface area is 165 Å². The minimum Gasteiger partial charge on any atom is -0.497 e. The number of methoxy groups -OCH3 is 2. The summed E-state index contributed by atoms with van der Waals surface area (Å²) in [4.78, 5) is 15.0. The van der Waals surface area contributed by atoms with E-state index in [-0.39, 0.29) is 11.7 Å². The summed E-state index contributed by atoms with van der Waals surface area (Å²) in [6.07, 6.45) is 1.56. The van der Waals surface area contributed by atoms with E-state index in [0.717, 1.165) is 11.1 Å². The SMILES string of the molecule is COc1cc(OC)cc(C(=O)N(c2cc(C)cc(C)c2)[C@@H]2C=CS(=O)(=O)C2)c1. The van der Waals surface area contributed by atoms with E-state index >= 15 is 0 Å². The van der Waals surface area contributed by atoms with E-state index in [1.807, 2.05) is 32.0 Å². The lowest BCUT2D eigenvalue weighted by molar-refractivity contribution is 0.0982. The molecule has 0 unspecified atom stereocenters. The van der Waals surface area contributed by atoms with E-state index in [2.05, 4.69) is 0 Å². The van der Waals surface area contributed by atoms with Crippen LogP contribution in [0.15, 0.2) is 47.9 Å². The Morgan fingerprint density at radius 1 is 0.964 bits per heavy atom. The van der Waals surface area contributed by atoms with Crippen molar-refractivity contribution in [1.82, 2.24) is 0 Å². The van der Waals surface area contributed by atoms with Crippen LogP contribution in [0.5, 0.6) is 11.5 Å². The van der Waals surface area contributed by atoms with Crippen molar-refractivity contribution >= 4 is 21.4 Å². The van der Waals surface area contributed by atoms with Gasteiger partial charge in [0.15, 0.2) is 9.84 Å². The topological polar surface area (TPSA) is 72.9 Å². The summed E-state index contributed by atoms with van der Waals surface area (Å²) in [5.41, 5.74) is 2.98. The first kappa shape index (κ1) is 19.9. The number of amides is 1. The average molecular weight is 401 g/mol. The highest BCUT2D eigenvalue weighted by molar-refractivity contribution is 7.94. The molecule has 1 aliphatic rings. The van der Waals surface area contributed by atoms with Crippen molar-refractivity contribution in [3.8, 4) is 11.5 Å². The summed E-state index contributed by atoms with van der Waals surface area (Å²) in [5, 5.41) is 1.17. The Balaban J connectivity index is 2.11. The third-order valence-corrected chi connectivity index (χ3v) is 5.92. The summed E-state index contributed by atoms with van der Waals surface area (Å²) in [7, 11) is -0.312. The molecule has 1 amide bonds. The lowest BCUT2D eigenvalue weighted by atomic mass is 10.1. The first-order chi connectivity index (χ1) is 13.2. The fourth-order valence-corrected chi connectivity index (χ4v) is 4.61. The molecule has 2 aromatic carbocycles. The van der Waals surface area contributed by atoms with Crippen LogP contribution in [0.2, 0.25) is 0 Å². The molecule has 0 saturated heterocycles. The standard InChI is InChI=1S/C21H23NO5S/c1-14-7-15(2)9-18(8-14)22(17-5-6-28(24,25)13-17)21(23)16-10-19(26-3)12-20(11-16)27-4/h5-12,17H,13H2,1-4H3/t17-/m1/s1. The third-order valence-electron chi connectivity index (χ3n) is 4.54. The van der Waals surface area contributed by atoms with Gasteiger partial charge in [-0.15, -0.1) is 0 Å². The normalized spacial score (nSPS) is 17.4. The number of hydrogen-bond donors (Lipinski definition) is 0. The predicted octanol–water partition coefficient (Wildman–Crippen LogP) is 3.28. The molecule has 0 bridgehead atoms. The zero-order valence-electron chi connectivity index (χ0n) is 16.3. The zero-order valence-corrected chi connectivity index (χ0v) is 17.1. The number of carbonyl (C=O) groups is 1. The minimum absolute atomic E-state index is 0.146. The van der Waals surface area contributed by atoms with Crippen molar-refractivity contribution in [3.63, 3.8) is 0 Å². The number of rotatable bonds is 5. The highest BCUT2D eigenvalue weighted by Gasteiger charge is 2.32. The molecule has 3 rings (SSSR count). The third kappa shape index (κ3) is 4.20. The van der Waals surface area contributed by atoms with Crippen LogP contribution in [0.1, 0.15) is 21.5 Å². The Hall–Kier alpha value is -2.80. The number of sulfone groups is 1. The van der Waals surface area contributed by atoms with Crippen LogP contribution in [0.3, 0.4) is 0 Å². The minimum atomic E-state index is -3.33. The average Bonchev–Trinajstić information content (AvgIpc) is 2.99. The monoisotopic (exact) mass is 401 g/mol. The molecule has 1 atom stereocenters. The van der Waals surface area contributed by atoms with Gasteiger partial charge in [-0.2, -0.15) is 0 Å². The molecule has 1 aliphatic heterocycles. The molecule has 148 valence electrons. The van der Waals surface area contributed by atoms with Gasteiger partial charge in [0.25, 0.3) is 5.91 Å². The molecule has 0 spiro atoms. The van der Waals surface area contributed by atoms with Crippen molar-refractivity contribution in [2.24, 2.45) is 0 Å². The molecular weight excluding hydrogens is 378 g/mol. The number of nitrogens with zero attached hydrogens (tertiary/aromatic N) is 1. The number of aryl methyl sites for hydroxylation is 2. The van der Waals surface area contributed by atoms with Crippen LogP contribution < -0.4 is 14.4 Å². The van der Waals surface area contributed by atoms with Gasteiger partial charge >= 0.3 is 0 Å². The van der Waals surface area contributed by atoms with Crippen molar-refractivity contribution < 1.29 is 22.7 Å². The van der Waals surface area contributed by atoms with Crippen LogP contribution in [0.25, 0.3) is 0 Å². The van der Waals surface area contributed by atoms with Crippen LogP contribution in [0.4, 0.5) is 5.69 Å². The summed E-state index contributed by atoms with van der Waals surface area (Å²) in [6.45, 7) is 3.88. The molecule has 0 saturated carbocycles. The van der Waals surface area contributed by atoms with E-state index in [0.29, 0.717) is 22.7 Å². The maximum Gasteiger partial charge on any atom is 0.259 e. The van der Waals surface area contributed by atoms with Crippen LogP contribution in [0, 0.1) is 13.8 Å². The van der Waals surface area contributed by atoms with Gasteiger partial charge in [-0.25, -0.2) is 8.42 Å². The quantitative estimate of drug-likeness (QED) is 0.769. The van der Waals surface area contributed by atoms with E-state index in [4.69, 9.17) is 9.47 Å². The molecule has 6 nitrogen and oxygen atoms in total. The number of ether oxygens (including phenoxy) is 2. The van der Waals surface area contributed by atoms with Crippen molar-refractivity contribution in [3.05, 3.63) is 64.6 Å². The summed E-state index contributed by atoms with van der Waals surface area (Å²) in [6, 6.07) is 10.1. The molecule has 28 heavy (non-hydrogen) atoms. The van der Waals surface area contributed by atoms with E-state index in [1.165, 1.54) is 24.5 Å². The van der Waals surface area contributed by atoms with Crippen molar-refractivity contribution in [1.29, 1.82) is 0 Å². The second-order valence-electron chi connectivity index (χ2n) is 6.85. The Kier molecular flexibility index (Phi) is 5.47. The first-order valence-electron chi connectivity index (χ1n) is 8.78. The number of benzene rings is 2. The van der Waals surface area contributed by atoms with Crippen LogP contribution in [-0.4, -0.2) is 40.3 Å². The Morgan fingerprint density at radius 3 is 2.00 bits per heavy atom. The van der Waals surface area contributed by atoms with Gasteiger partial charge in [0.2, 0.25) is 0 Å². The number of carbonyl (C=O) groups excluding carboxylic acids is 1. The maximum atomic E-state index is 13.5. The predicted molar refractivity (Wildman–Crippen MR) is 109 cm³/mol. The van der Waals surface area contributed by atoms with Crippen molar-refractivity contribution in [2.75, 3.05) is 24.9 Å². The van der Waals surface area contributed by atoms with Gasteiger partial charge in [0, 0.05) is 22.7 Å². The second kappa shape index (κ2) is 7.67.